The molecule has 0 aliphatic carbocycles. The fourth-order valence-electron chi connectivity index (χ4n) is 1.26. The number of cyclic esters (lactones) is 1. The summed E-state index contributed by atoms with van der Waals surface area (Å²) in [5.41, 5.74) is 0.729. The molecule has 1 aliphatic heterocycles. The van der Waals surface area contributed by atoms with Gasteiger partial charge in [-0.15, -0.1) is 0 Å². The molecule has 0 amide bonds. The highest BCUT2D eigenvalue weighted by Gasteiger charge is 2.15. The largest absolute Gasteiger partial charge is 0.462 e. The number of allylic oxidation sites excluding steroid dienone is 1. The van der Waals surface area contributed by atoms with Crippen LogP contribution in [0.1, 0.15) is 32.6 Å². The Morgan fingerprint density at radius 2 is 2.38 bits per heavy atom. The minimum absolute atomic E-state index is 0.154. The van der Waals surface area contributed by atoms with Gasteiger partial charge >= 0.3 is 5.97 Å². The molecule has 3 nitrogen and oxygen atoms in total. The Morgan fingerprint density at radius 3 is 3.00 bits per heavy atom. The topological polar surface area (TPSA) is 43.4 Å². The zero-order valence-electron chi connectivity index (χ0n) is 7.84. The van der Waals surface area contributed by atoms with Crippen LogP contribution in [0.3, 0.4) is 0 Å². The molecule has 0 unspecified atom stereocenters. The zero-order chi connectivity index (χ0) is 9.68. The Labute approximate surface area is 77.8 Å². The molecule has 0 aromatic rings. The molecule has 0 bridgehead atoms. The summed E-state index contributed by atoms with van der Waals surface area (Å²) in [6, 6.07) is 0. The maximum absolute atomic E-state index is 11.1. The standard InChI is InChI=1S/C10H14O3/c1-8(11)4-2-5-9-6-3-7-13-10(9)12/h5H,2-4,6-7H2,1H3/b9-5+. The van der Waals surface area contributed by atoms with Crippen LogP contribution >= 0.6 is 0 Å². The molecule has 0 spiro atoms. The molecule has 0 saturated carbocycles. The van der Waals surface area contributed by atoms with Crippen LogP contribution in [0.25, 0.3) is 0 Å². The molecule has 0 radical (unpaired) electrons. The number of ketones is 1. The van der Waals surface area contributed by atoms with E-state index in [1.165, 1.54) is 0 Å². The lowest BCUT2D eigenvalue weighted by molar-refractivity contribution is -0.141. The summed E-state index contributed by atoms with van der Waals surface area (Å²) in [4.78, 5) is 21.7. The van der Waals surface area contributed by atoms with Crippen molar-refractivity contribution >= 4 is 11.8 Å². The highest BCUT2D eigenvalue weighted by molar-refractivity contribution is 5.89. The molecule has 0 aromatic heterocycles. The summed E-state index contributed by atoms with van der Waals surface area (Å²) in [5.74, 6) is -0.0594. The van der Waals surface area contributed by atoms with Gasteiger partial charge in [0.25, 0.3) is 0 Å². The summed E-state index contributed by atoms with van der Waals surface area (Å²) in [7, 11) is 0. The molecule has 0 N–H and O–H groups in total. The Hall–Kier alpha value is -1.12. The zero-order valence-corrected chi connectivity index (χ0v) is 7.84. The number of carbonyl (C=O) groups is 2. The predicted octanol–water partition coefficient (Wildman–Crippen LogP) is 1.62. The normalized spacial score (nSPS) is 20.1. The van der Waals surface area contributed by atoms with Crippen LogP contribution in [-0.4, -0.2) is 18.4 Å². The lowest BCUT2D eigenvalue weighted by Gasteiger charge is -2.13. The van der Waals surface area contributed by atoms with E-state index in [9.17, 15) is 9.59 Å². The van der Waals surface area contributed by atoms with Gasteiger partial charge in [0, 0.05) is 12.0 Å². The average Bonchev–Trinajstić information content (AvgIpc) is 2.08. The first-order valence-electron chi connectivity index (χ1n) is 4.56. The molecule has 0 aromatic carbocycles. The molecular formula is C10H14O3. The third-order valence-electron chi connectivity index (χ3n) is 1.97. The van der Waals surface area contributed by atoms with Gasteiger partial charge in [0.1, 0.15) is 5.78 Å². The van der Waals surface area contributed by atoms with Crippen LogP contribution in [0.2, 0.25) is 0 Å². The fourth-order valence-corrected chi connectivity index (χ4v) is 1.26. The summed E-state index contributed by atoms with van der Waals surface area (Å²) in [6.45, 7) is 2.08. The van der Waals surface area contributed by atoms with E-state index < -0.39 is 0 Å². The van der Waals surface area contributed by atoms with E-state index in [-0.39, 0.29) is 11.8 Å². The Morgan fingerprint density at radius 1 is 1.62 bits per heavy atom. The van der Waals surface area contributed by atoms with Gasteiger partial charge in [0.2, 0.25) is 0 Å². The second-order valence-corrected chi connectivity index (χ2v) is 3.21. The van der Waals surface area contributed by atoms with Crippen molar-refractivity contribution in [2.24, 2.45) is 0 Å². The van der Waals surface area contributed by atoms with Crippen LogP contribution in [-0.2, 0) is 14.3 Å². The maximum atomic E-state index is 11.1. The van der Waals surface area contributed by atoms with Crippen molar-refractivity contribution < 1.29 is 14.3 Å². The van der Waals surface area contributed by atoms with Crippen LogP contribution in [0, 0.1) is 0 Å². The number of hydrogen-bond donors (Lipinski definition) is 0. The van der Waals surface area contributed by atoms with Gasteiger partial charge in [-0.2, -0.15) is 0 Å². The number of rotatable bonds is 3. The number of hydrogen-bond acceptors (Lipinski definition) is 3. The van der Waals surface area contributed by atoms with Crippen molar-refractivity contribution in [3.8, 4) is 0 Å². The first-order valence-corrected chi connectivity index (χ1v) is 4.56. The minimum Gasteiger partial charge on any atom is -0.462 e. The van der Waals surface area contributed by atoms with Crippen molar-refractivity contribution in [2.75, 3.05) is 6.61 Å². The Balaban J connectivity index is 2.39. The van der Waals surface area contributed by atoms with Gasteiger partial charge in [-0.25, -0.2) is 4.79 Å². The quantitative estimate of drug-likeness (QED) is 0.492. The summed E-state index contributed by atoms with van der Waals surface area (Å²) < 4.78 is 4.86. The molecule has 1 heterocycles. The van der Waals surface area contributed by atoms with Crippen molar-refractivity contribution in [3.05, 3.63) is 11.6 Å². The first-order chi connectivity index (χ1) is 6.20. The Kier molecular flexibility index (Phi) is 3.68. The van der Waals surface area contributed by atoms with E-state index in [1.54, 1.807) is 6.92 Å². The van der Waals surface area contributed by atoms with Crippen molar-refractivity contribution in [1.29, 1.82) is 0 Å². The smallest absolute Gasteiger partial charge is 0.333 e. The summed E-state index contributed by atoms with van der Waals surface area (Å²) >= 11 is 0. The molecule has 1 aliphatic rings. The van der Waals surface area contributed by atoms with Crippen molar-refractivity contribution in [3.63, 3.8) is 0 Å². The molecule has 0 atom stereocenters. The third kappa shape index (κ3) is 3.40. The number of Topliss-reactive ketones (excluding diaryl/α,β-unsaturated/α-hetero) is 1. The van der Waals surface area contributed by atoms with E-state index in [0.29, 0.717) is 19.4 Å². The van der Waals surface area contributed by atoms with Crippen LogP contribution in [0.4, 0.5) is 0 Å². The van der Waals surface area contributed by atoms with Crippen LogP contribution in [0.15, 0.2) is 11.6 Å². The SMILES string of the molecule is CC(=O)CC/C=C1\CCCOC1=O. The van der Waals surface area contributed by atoms with E-state index in [2.05, 4.69) is 0 Å². The highest BCUT2D eigenvalue weighted by atomic mass is 16.5. The predicted molar refractivity (Wildman–Crippen MR) is 48.2 cm³/mol. The lowest BCUT2D eigenvalue weighted by Crippen LogP contribution is -2.15. The number of esters is 1. The van der Waals surface area contributed by atoms with Gasteiger partial charge in [0.15, 0.2) is 0 Å². The molecular weight excluding hydrogens is 168 g/mol. The molecule has 72 valence electrons. The second-order valence-electron chi connectivity index (χ2n) is 3.21. The average molecular weight is 182 g/mol. The lowest BCUT2D eigenvalue weighted by atomic mass is 10.1. The minimum atomic E-state index is -0.213. The molecule has 13 heavy (non-hydrogen) atoms. The second kappa shape index (κ2) is 4.80. The van der Waals surface area contributed by atoms with Gasteiger partial charge in [-0.1, -0.05) is 6.08 Å². The molecule has 1 rings (SSSR count). The van der Waals surface area contributed by atoms with Crippen LogP contribution < -0.4 is 0 Å². The highest BCUT2D eigenvalue weighted by Crippen LogP contribution is 2.14. The third-order valence-corrected chi connectivity index (χ3v) is 1.97. The monoisotopic (exact) mass is 182 g/mol. The first kappa shape index (κ1) is 9.96. The van der Waals surface area contributed by atoms with Crippen molar-refractivity contribution in [1.82, 2.24) is 0 Å². The maximum Gasteiger partial charge on any atom is 0.333 e. The summed E-state index contributed by atoms with van der Waals surface area (Å²) in [5, 5.41) is 0. The van der Waals surface area contributed by atoms with Crippen molar-refractivity contribution in [2.45, 2.75) is 32.6 Å². The van der Waals surface area contributed by atoms with E-state index in [1.807, 2.05) is 6.08 Å². The number of carbonyl (C=O) groups excluding carboxylic acids is 2. The van der Waals surface area contributed by atoms with Gasteiger partial charge < -0.3 is 9.53 Å². The van der Waals surface area contributed by atoms with E-state index >= 15 is 0 Å². The van der Waals surface area contributed by atoms with Gasteiger partial charge in [-0.05, 0) is 26.2 Å². The Bertz CT molecular complexity index is 241. The number of ether oxygens (including phenoxy) is 1. The molecule has 1 saturated heterocycles. The molecule has 1 fully saturated rings. The van der Waals surface area contributed by atoms with E-state index in [0.717, 1.165) is 18.4 Å². The van der Waals surface area contributed by atoms with Crippen LogP contribution in [0.5, 0.6) is 0 Å². The van der Waals surface area contributed by atoms with Gasteiger partial charge in [-0.3, -0.25) is 0 Å². The fraction of sp³-hybridized carbons (Fsp3) is 0.600. The molecule has 3 heteroatoms. The summed E-state index contributed by atoms with van der Waals surface area (Å²) in [6.07, 6.45) is 4.67. The van der Waals surface area contributed by atoms with Gasteiger partial charge in [0.05, 0.1) is 6.61 Å². The van der Waals surface area contributed by atoms with E-state index in [4.69, 9.17) is 4.74 Å².